The molecule has 5 nitrogen and oxygen atoms in total. The maximum atomic E-state index is 6.01. The van der Waals surface area contributed by atoms with Crippen molar-refractivity contribution in [2.75, 3.05) is 17.7 Å². The molecule has 2 heterocycles. The van der Waals surface area contributed by atoms with Gasteiger partial charge in [0.15, 0.2) is 0 Å². The second-order valence-corrected chi connectivity index (χ2v) is 5.37. The summed E-state index contributed by atoms with van der Waals surface area (Å²) in [6.45, 7) is 0.635. The average molecular weight is 326 g/mol. The van der Waals surface area contributed by atoms with Crippen molar-refractivity contribution in [3.63, 3.8) is 0 Å². The van der Waals surface area contributed by atoms with Crippen molar-refractivity contribution in [3.8, 4) is 11.3 Å². The number of hydrogen-bond acceptors (Lipinski definition) is 5. The second kappa shape index (κ2) is 7.07. The number of nitrogens with one attached hydrogen (secondary N) is 2. The maximum absolute atomic E-state index is 6.01. The Morgan fingerprint density at radius 3 is 2.61 bits per heavy atom. The summed E-state index contributed by atoms with van der Waals surface area (Å²) in [5.41, 5.74) is 2.91. The van der Waals surface area contributed by atoms with E-state index in [0.717, 1.165) is 27.7 Å². The van der Waals surface area contributed by atoms with E-state index in [1.807, 2.05) is 42.5 Å². The third-order valence-corrected chi connectivity index (χ3v) is 3.52. The summed E-state index contributed by atoms with van der Waals surface area (Å²) in [7, 11) is 1.80. The Hall–Kier alpha value is -2.66. The molecule has 0 aliphatic rings. The monoisotopic (exact) mass is 325 g/mol. The van der Waals surface area contributed by atoms with Crippen LogP contribution in [0.5, 0.6) is 0 Å². The molecule has 0 spiro atoms. The Balaban J connectivity index is 1.84. The van der Waals surface area contributed by atoms with Crippen LogP contribution in [0.3, 0.4) is 0 Å². The fourth-order valence-electron chi connectivity index (χ4n) is 2.16. The van der Waals surface area contributed by atoms with Gasteiger partial charge in [0.25, 0.3) is 0 Å². The summed E-state index contributed by atoms with van der Waals surface area (Å²) in [5.74, 6) is 1.31. The van der Waals surface area contributed by atoms with Crippen LogP contribution in [0.25, 0.3) is 11.3 Å². The van der Waals surface area contributed by atoms with Gasteiger partial charge in [-0.25, -0.2) is 4.98 Å². The highest BCUT2D eigenvalue weighted by Gasteiger charge is 2.06. The predicted molar refractivity (Wildman–Crippen MR) is 93.6 cm³/mol. The van der Waals surface area contributed by atoms with Crippen molar-refractivity contribution in [1.29, 1.82) is 0 Å². The van der Waals surface area contributed by atoms with Crippen LogP contribution >= 0.6 is 11.6 Å². The Morgan fingerprint density at radius 1 is 1.04 bits per heavy atom. The van der Waals surface area contributed by atoms with Crippen LogP contribution in [0.1, 0.15) is 5.56 Å². The van der Waals surface area contributed by atoms with E-state index >= 15 is 0 Å². The Labute approximate surface area is 139 Å². The fraction of sp³-hybridized carbons (Fsp3) is 0.118. The molecule has 0 unspecified atom stereocenters. The molecule has 3 rings (SSSR count). The minimum absolute atomic E-state index is 0.563. The third kappa shape index (κ3) is 3.96. The first-order chi connectivity index (χ1) is 11.2. The van der Waals surface area contributed by atoms with Gasteiger partial charge >= 0.3 is 0 Å². The molecule has 0 fully saturated rings. The van der Waals surface area contributed by atoms with Crippen LogP contribution in [-0.4, -0.2) is 22.0 Å². The lowest BCUT2D eigenvalue weighted by Gasteiger charge is -2.10. The van der Waals surface area contributed by atoms with E-state index in [1.54, 1.807) is 19.4 Å². The molecule has 2 N–H and O–H groups in total. The summed E-state index contributed by atoms with van der Waals surface area (Å²) >= 11 is 6.01. The summed E-state index contributed by atoms with van der Waals surface area (Å²) in [5, 5.41) is 7.02. The number of rotatable bonds is 5. The van der Waals surface area contributed by atoms with E-state index in [9.17, 15) is 0 Å². The van der Waals surface area contributed by atoms with Crippen LogP contribution in [0.15, 0.2) is 54.9 Å². The molecule has 0 saturated carbocycles. The molecule has 3 aromatic rings. The normalized spacial score (nSPS) is 10.3. The van der Waals surface area contributed by atoms with Gasteiger partial charge in [-0.3, -0.25) is 4.98 Å². The number of anilines is 2. The maximum Gasteiger partial charge on any atom is 0.224 e. The smallest absolute Gasteiger partial charge is 0.224 e. The van der Waals surface area contributed by atoms with Crippen LogP contribution in [0.4, 0.5) is 11.8 Å². The zero-order chi connectivity index (χ0) is 16.1. The van der Waals surface area contributed by atoms with Gasteiger partial charge in [-0.1, -0.05) is 23.7 Å². The molecule has 1 aromatic carbocycles. The summed E-state index contributed by atoms with van der Waals surface area (Å²) in [4.78, 5) is 12.9. The van der Waals surface area contributed by atoms with E-state index in [4.69, 9.17) is 11.6 Å². The molecular formula is C17H16ClN5. The van der Waals surface area contributed by atoms with Gasteiger partial charge in [-0.2, -0.15) is 4.98 Å². The molecular weight excluding hydrogens is 310 g/mol. The van der Waals surface area contributed by atoms with Crippen molar-refractivity contribution in [1.82, 2.24) is 15.0 Å². The Morgan fingerprint density at radius 2 is 1.87 bits per heavy atom. The topological polar surface area (TPSA) is 62.7 Å². The second-order valence-electron chi connectivity index (χ2n) is 4.93. The zero-order valence-electron chi connectivity index (χ0n) is 12.6. The lowest BCUT2D eigenvalue weighted by molar-refractivity contribution is 1.08. The van der Waals surface area contributed by atoms with Crippen LogP contribution in [0.2, 0.25) is 5.02 Å². The first-order valence-corrected chi connectivity index (χ1v) is 7.58. The van der Waals surface area contributed by atoms with E-state index < -0.39 is 0 Å². The van der Waals surface area contributed by atoms with E-state index in [2.05, 4.69) is 25.6 Å². The van der Waals surface area contributed by atoms with E-state index in [-0.39, 0.29) is 0 Å². The lowest BCUT2D eigenvalue weighted by Crippen LogP contribution is -2.05. The molecule has 6 heteroatoms. The molecule has 0 atom stereocenters. The van der Waals surface area contributed by atoms with Gasteiger partial charge in [0.05, 0.1) is 5.69 Å². The highest BCUT2D eigenvalue weighted by Crippen LogP contribution is 2.21. The molecule has 116 valence electrons. The molecule has 0 bridgehead atoms. The molecule has 0 radical (unpaired) electrons. The van der Waals surface area contributed by atoms with Gasteiger partial charge in [0, 0.05) is 42.6 Å². The highest BCUT2D eigenvalue weighted by atomic mass is 35.5. The third-order valence-electron chi connectivity index (χ3n) is 3.29. The van der Waals surface area contributed by atoms with Crippen LogP contribution in [-0.2, 0) is 6.54 Å². The largest absolute Gasteiger partial charge is 0.366 e. The summed E-state index contributed by atoms with van der Waals surface area (Å²) < 4.78 is 0. The number of aromatic nitrogens is 3. The van der Waals surface area contributed by atoms with Crippen molar-refractivity contribution in [2.45, 2.75) is 6.54 Å². The fourth-order valence-corrected chi connectivity index (χ4v) is 2.37. The van der Waals surface area contributed by atoms with Gasteiger partial charge < -0.3 is 10.6 Å². The van der Waals surface area contributed by atoms with Gasteiger partial charge in [-0.15, -0.1) is 0 Å². The standard InChI is InChI=1S/C17H16ClN5/c1-19-17-22-15(13-5-7-20-8-6-13)10-16(23-17)21-11-12-3-2-4-14(18)9-12/h2-10H,11H2,1H3,(H2,19,21,22,23). The lowest BCUT2D eigenvalue weighted by atomic mass is 10.2. The number of benzene rings is 1. The minimum Gasteiger partial charge on any atom is -0.366 e. The van der Waals surface area contributed by atoms with Crippen molar-refractivity contribution in [2.24, 2.45) is 0 Å². The van der Waals surface area contributed by atoms with Gasteiger partial charge in [-0.05, 0) is 29.8 Å². The molecule has 23 heavy (non-hydrogen) atoms. The molecule has 0 aliphatic carbocycles. The Bertz CT molecular complexity index is 792. The van der Waals surface area contributed by atoms with Gasteiger partial charge in [0.2, 0.25) is 5.95 Å². The predicted octanol–water partition coefficient (Wildman–Crippen LogP) is 3.85. The van der Waals surface area contributed by atoms with E-state index in [0.29, 0.717) is 12.5 Å². The van der Waals surface area contributed by atoms with Gasteiger partial charge in [0.1, 0.15) is 5.82 Å². The molecule has 0 aliphatic heterocycles. The number of nitrogens with zero attached hydrogens (tertiary/aromatic N) is 3. The van der Waals surface area contributed by atoms with Crippen LogP contribution in [0, 0.1) is 0 Å². The first-order valence-electron chi connectivity index (χ1n) is 7.20. The molecule has 2 aromatic heterocycles. The Kier molecular flexibility index (Phi) is 4.68. The minimum atomic E-state index is 0.563. The number of hydrogen-bond donors (Lipinski definition) is 2. The zero-order valence-corrected chi connectivity index (χ0v) is 13.4. The SMILES string of the molecule is CNc1nc(NCc2cccc(Cl)c2)cc(-c2ccncc2)n1. The van der Waals surface area contributed by atoms with Crippen molar-refractivity contribution >= 4 is 23.4 Å². The first kappa shape index (κ1) is 15.2. The highest BCUT2D eigenvalue weighted by molar-refractivity contribution is 6.30. The van der Waals surface area contributed by atoms with Crippen molar-refractivity contribution in [3.05, 3.63) is 65.4 Å². The van der Waals surface area contributed by atoms with Crippen molar-refractivity contribution < 1.29 is 0 Å². The van der Waals surface area contributed by atoms with Crippen LogP contribution < -0.4 is 10.6 Å². The average Bonchev–Trinajstić information content (AvgIpc) is 2.60. The number of halogens is 1. The molecule has 0 amide bonds. The molecule has 0 saturated heterocycles. The summed E-state index contributed by atoms with van der Waals surface area (Å²) in [6, 6.07) is 13.5. The van der Waals surface area contributed by atoms with E-state index in [1.165, 1.54) is 0 Å². The summed E-state index contributed by atoms with van der Waals surface area (Å²) in [6.07, 6.45) is 3.49. The quantitative estimate of drug-likeness (QED) is 0.746. The number of pyridine rings is 1.